The van der Waals surface area contributed by atoms with Crippen LogP contribution in [0.3, 0.4) is 0 Å². The molecule has 1 saturated carbocycles. The molecule has 0 aromatic rings. The molecule has 0 spiro atoms. The van der Waals surface area contributed by atoms with Gasteiger partial charge in [0.2, 0.25) is 0 Å². The molecule has 14 heavy (non-hydrogen) atoms. The molecule has 0 N–H and O–H groups in total. The molecule has 0 aromatic carbocycles. The van der Waals surface area contributed by atoms with Gasteiger partial charge in [-0.1, -0.05) is 13.0 Å². The molecule has 0 atom stereocenters. The molecular weight excluding hydrogens is 178 g/mol. The first-order valence-electron chi connectivity index (χ1n) is 5.20. The predicted molar refractivity (Wildman–Crippen MR) is 56.0 cm³/mol. The third-order valence-electron chi connectivity index (χ3n) is 2.70. The smallest absolute Gasteiger partial charge is 0.334 e. The van der Waals surface area contributed by atoms with Crippen LogP contribution in [0.1, 0.15) is 26.2 Å². The number of carbonyl (C=O) groups is 1. The van der Waals surface area contributed by atoms with Gasteiger partial charge in [-0.05, 0) is 26.8 Å². The molecule has 3 nitrogen and oxygen atoms in total. The Bertz CT molecular complexity index is 221. The van der Waals surface area contributed by atoms with Gasteiger partial charge in [0, 0.05) is 18.2 Å². The maximum atomic E-state index is 11.3. The van der Waals surface area contributed by atoms with E-state index in [1.165, 1.54) is 19.3 Å². The summed E-state index contributed by atoms with van der Waals surface area (Å²) in [5.74, 6) is -0.265. The molecular formula is C11H19NO2. The van der Waals surface area contributed by atoms with Crippen molar-refractivity contribution in [1.29, 1.82) is 0 Å². The normalized spacial score (nSPS) is 16.5. The minimum atomic E-state index is -0.265. The first kappa shape index (κ1) is 11.2. The average molecular weight is 197 g/mol. The summed E-state index contributed by atoms with van der Waals surface area (Å²) in [7, 11) is 2.04. The van der Waals surface area contributed by atoms with Crippen LogP contribution in [-0.2, 0) is 9.53 Å². The van der Waals surface area contributed by atoms with E-state index < -0.39 is 0 Å². The first-order valence-corrected chi connectivity index (χ1v) is 5.20. The zero-order chi connectivity index (χ0) is 10.6. The van der Waals surface area contributed by atoms with Crippen molar-refractivity contribution in [2.24, 2.45) is 0 Å². The second-order valence-electron chi connectivity index (χ2n) is 3.82. The molecule has 1 aliphatic rings. The highest BCUT2D eigenvalue weighted by Gasteiger charge is 2.23. The summed E-state index contributed by atoms with van der Waals surface area (Å²) >= 11 is 0. The van der Waals surface area contributed by atoms with Crippen LogP contribution in [0.5, 0.6) is 0 Å². The first-order chi connectivity index (χ1) is 6.65. The zero-order valence-corrected chi connectivity index (χ0v) is 9.08. The minimum absolute atomic E-state index is 0.265. The molecule has 0 heterocycles. The van der Waals surface area contributed by atoms with E-state index in [0.29, 0.717) is 24.8 Å². The van der Waals surface area contributed by atoms with Crippen molar-refractivity contribution in [3.63, 3.8) is 0 Å². The number of hydrogen-bond donors (Lipinski definition) is 0. The highest BCUT2D eigenvalue weighted by atomic mass is 16.5. The largest absolute Gasteiger partial charge is 0.463 e. The summed E-state index contributed by atoms with van der Waals surface area (Å²) in [5.41, 5.74) is 0.557. The summed E-state index contributed by atoms with van der Waals surface area (Å²) in [6.07, 6.45) is 3.79. The van der Waals surface area contributed by atoms with E-state index in [2.05, 4.69) is 11.5 Å². The molecule has 1 rings (SSSR count). The van der Waals surface area contributed by atoms with E-state index in [0.717, 1.165) is 0 Å². The van der Waals surface area contributed by atoms with Crippen molar-refractivity contribution < 1.29 is 9.53 Å². The Morgan fingerprint density at radius 1 is 1.57 bits per heavy atom. The number of hydrogen-bond acceptors (Lipinski definition) is 3. The highest BCUT2D eigenvalue weighted by molar-refractivity contribution is 5.88. The molecule has 3 heteroatoms. The van der Waals surface area contributed by atoms with Crippen molar-refractivity contribution in [2.45, 2.75) is 32.2 Å². The van der Waals surface area contributed by atoms with Gasteiger partial charge < -0.3 is 4.74 Å². The van der Waals surface area contributed by atoms with Gasteiger partial charge in [-0.25, -0.2) is 4.79 Å². The lowest BCUT2D eigenvalue weighted by Gasteiger charge is -2.34. The van der Waals surface area contributed by atoms with Crippen molar-refractivity contribution in [3.8, 4) is 0 Å². The third-order valence-corrected chi connectivity index (χ3v) is 2.70. The van der Waals surface area contributed by atoms with E-state index >= 15 is 0 Å². The van der Waals surface area contributed by atoms with Gasteiger partial charge in [0.25, 0.3) is 0 Å². The second kappa shape index (κ2) is 5.15. The van der Waals surface area contributed by atoms with Gasteiger partial charge in [-0.15, -0.1) is 0 Å². The van der Waals surface area contributed by atoms with E-state index in [1.54, 1.807) is 6.92 Å². The van der Waals surface area contributed by atoms with E-state index in [-0.39, 0.29) is 5.97 Å². The second-order valence-corrected chi connectivity index (χ2v) is 3.82. The lowest BCUT2D eigenvalue weighted by Crippen LogP contribution is -2.39. The fourth-order valence-electron chi connectivity index (χ4n) is 1.56. The lowest BCUT2D eigenvalue weighted by atomic mass is 9.91. The Kier molecular flexibility index (Phi) is 4.14. The fraction of sp³-hybridized carbons (Fsp3) is 0.727. The van der Waals surface area contributed by atoms with Crippen molar-refractivity contribution in [2.75, 3.05) is 20.2 Å². The van der Waals surface area contributed by atoms with Crippen LogP contribution in [0.25, 0.3) is 0 Å². The van der Waals surface area contributed by atoms with Crippen LogP contribution in [-0.4, -0.2) is 37.1 Å². The van der Waals surface area contributed by atoms with Crippen LogP contribution < -0.4 is 0 Å². The molecule has 0 radical (unpaired) electrons. The van der Waals surface area contributed by atoms with Gasteiger partial charge >= 0.3 is 5.97 Å². The lowest BCUT2D eigenvalue weighted by molar-refractivity contribution is -0.138. The van der Waals surface area contributed by atoms with Crippen LogP contribution in [0.15, 0.2) is 12.2 Å². The molecule has 0 saturated heterocycles. The van der Waals surface area contributed by atoms with Crippen LogP contribution in [0, 0.1) is 0 Å². The number of nitrogens with zero attached hydrogens (tertiary/aromatic N) is 1. The van der Waals surface area contributed by atoms with E-state index in [1.807, 2.05) is 7.05 Å². The Hall–Kier alpha value is -0.830. The number of rotatable bonds is 5. The molecule has 0 unspecified atom stereocenters. The summed E-state index contributed by atoms with van der Waals surface area (Å²) in [6.45, 7) is 6.59. The standard InChI is InChI=1S/C11H19NO2/c1-4-14-11(13)9(2)8-12(3)10-6-5-7-10/h10H,2,4-8H2,1,3H3. The van der Waals surface area contributed by atoms with Crippen molar-refractivity contribution >= 4 is 5.97 Å². The van der Waals surface area contributed by atoms with Crippen LogP contribution >= 0.6 is 0 Å². The maximum Gasteiger partial charge on any atom is 0.334 e. The molecule has 0 aromatic heterocycles. The molecule has 0 amide bonds. The fourth-order valence-corrected chi connectivity index (χ4v) is 1.56. The van der Waals surface area contributed by atoms with E-state index in [9.17, 15) is 4.79 Å². The number of ether oxygens (including phenoxy) is 1. The van der Waals surface area contributed by atoms with Gasteiger partial charge in [0.05, 0.1) is 6.61 Å². The topological polar surface area (TPSA) is 29.5 Å². The SMILES string of the molecule is C=C(CN(C)C1CCC1)C(=O)OCC. The van der Waals surface area contributed by atoms with E-state index in [4.69, 9.17) is 4.74 Å². The van der Waals surface area contributed by atoms with Crippen LogP contribution in [0.2, 0.25) is 0 Å². The summed E-state index contributed by atoms with van der Waals surface area (Å²) in [4.78, 5) is 13.4. The Morgan fingerprint density at radius 3 is 2.64 bits per heavy atom. The van der Waals surface area contributed by atoms with Crippen molar-refractivity contribution in [3.05, 3.63) is 12.2 Å². The summed E-state index contributed by atoms with van der Waals surface area (Å²) in [5, 5.41) is 0. The Labute approximate surface area is 85.7 Å². The number of esters is 1. The predicted octanol–water partition coefficient (Wildman–Crippen LogP) is 1.59. The van der Waals surface area contributed by atoms with Gasteiger partial charge in [0.1, 0.15) is 0 Å². The maximum absolute atomic E-state index is 11.3. The van der Waals surface area contributed by atoms with Crippen molar-refractivity contribution in [1.82, 2.24) is 4.90 Å². The summed E-state index contributed by atoms with van der Waals surface area (Å²) < 4.78 is 4.87. The highest BCUT2D eigenvalue weighted by Crippen LogP contribution is 2.23. The zero-order valence-electron chi connectivity index (χ0n) is 9.08. The molecule has 0 bridgehead atoms. The number of likely N-dealkylation sites (N-methyl/N-ethyl adjacent to an activating group) is 1. The van der Waals surface area contributed by atoms with Gasteiger partial charge in [-0.2, -0.15) is 0 Å². The molecule has 1 fully saturated rings. The monoisotopic (exact) mass is 197 g/mol. The summed E-state index contributed by atoms with van der Waals surface area (Å²) in [6, 6.07) is 0.640. The van der Waals surface area contributed by atoms with Gasteiger partial charge in [0.15, 0.2) is 0 Å². The Balaban J connectivity index is 2.28. The van der Waals surface area contributed by atoms with Crippen LogP contribution in [0.4, 0.5) is 0 Å². The molecule has 1 aliphatic carbocycles. The molecule has 80 valence electrons. The number of carbonyl (C=O) groups excluding carboxylic acids is 1. The quantitative estimate of drug-likeness (QED) is 0.495. The third kappa shape index (κ3) is 2.84. The Morgan fingerprint density at radius 2 is 2.21 bits per heavy atom. The molecule has 0 aliphatic heterocycles. The van der Waals surface area contributed by atoms with Gasteiger partial charge in [-0.3, -0.25) is 4.90 Å². The minimum Gasteiger partial charge on any atom is -0.463 e. The average Bonchev–Trinajstić information content (AvgIpc) is 2.00.